The van der Waals surface area contributed by atoms with Crippen molar-refractivity contribution in [3.63, 3.8) is 0 Å². The van der Waals surface area contributed by atoms with E-state index in [2.05, 4.69) is 48.3 Å². The molecule has 0 bridgehead atoms. The molecule has 4 nitrogen and oxygen atoms in total. The summed E-state index contributed by atoms with van der Waals surface area (Å²) < 4.78 is 6.03. The Bertz CT molecular complexity index is 539. The number of benzene rings is 1. The minimum absolute atomic E-state index is 0.136. The van der Waals surface area contributed by atoms with E-state index in [9.17, 15) is 0 Å². The highest BCUT2D eigenvalue weighted by atomic mass is 16.5. The van der Waals surface area contributed by atoms with Crippen LogP contribution < -0.4 is 5.32 Å². The average molecular weight is 315 g/mol. The Kier molecular flexibility index (Phi) is 5.55. The number of aryl methyl sites for hydroxylation is 1. The fourth-order valence-electron chi connectivity index (χ4n) is 3.16. The normalized spacial score (nSPS) is 22.3. The molecule has 0 spiro atoms. The van der Waals surface area contributed by atoms with E-state index in [-0.39, 0.29) is 6.10 Å². The smallest absolute Gasteiger partial charge is 0.194 e. The van der Waals surface area contributed by atoms with E-state index >= 15 is 0 Å². The van der Waals surface area contributed by atoms with Crippen molar-refractivity contribution in [1.29, 1.82) is 0 Å². The van der Waals surface area contributed by atoms with E-state index in [1.807, 2.05) is 0 Å². The molecule has 0 radical (unpaired) electrons. The lowest BCUT2D eigenvalue weighted by Gasteiger charge is -2.35. The van der Waals surface area contributed by atoms with Crippen molar-refractivity contribution in [3.05, 3.63) is 35.4 Å². The van der Waals surface area contributed by atoms with E-state index in [4.69, 9.17) is 9.73 Å². The molecule has 1 N–H and O–H groups in total. The lowest BCUT2D eigenvalue weighted by molar-refractivity contribution is -0.00833. The molecule has 2 fully saturated rings. The molecule has 126 valence electrons. The van der Waals surface area contributed by atoms with E-state index in [0.717, 1.165) is 44.7 Å². The Morgan fingerprint density at radius 3 is 2.91 bits per heavy atom. The van der Waals surface area contributed by atoms with Crippen molar-refractivity contribution in [1.82, 2.24) is 10.2 Å². The van der Waals surface area contributed by atoms with Gasteiger partial charge in [-0.3, -0.25) is 4.99 Å². The second-order valence-electron chi connectivity index (χ2n) is 6.63. The minimum atomic E-state index is 0.136. The molecule has 3 rings (SSSR count). The Balaban J connectivity index is 1.66. The molecule has 1 saturated carbocycles. The highest BCUT2D eigenvalue weighted by Crippen LogP contribution is 2.32. The number of ether oxygens (including phenoxy) is 1. The second kappa shape index (κ2) is 7.82. The zero-order valence-corrected chi connectivity index (χ0v) is 14.4. The summed E-state index contributed by atoms with van der Waals surface area (Å²) in [5.41, 5.74) is 2.60. The van der Waals surface area contributed by atoms with Crippen LogP contribution in [0.1, 0.15) is 43.4 Å². The van der Waals surface area contributed by atoms with Crippen LogP contribution in [0, 0.1) is 12.8 Å². The molecule has 1 aliphatic carbocycles. The van der Waals surface area contributed by atoms with Crippen molar-refractivity contribution < 1.29 is 4.74 Å². The number of guanidine groups is 1. The molecule has 1 unspecified atom stereocenters. The summed E-state index contributed by atoms with van der Waals surface area (Å²) in [5.74, 6) is 1.99. The first kappa shape index (κ1) is 16.3. The van der Waals surface area contributed by atoms with Crippen LogP contribution >= 0.6 is 0 Å². The molecule has 1 saturated heterocycles. The molecule has 1 heterocycles. The Hall–Kier alpha value is -1.55. The Labute approximate surface area is 139 Å². The Morgan fingerprint density at radius 2 is 2.17 bits per heavy atom. The maximum absolute atomic E-state index is 6.03. The highest BCUT2D eigenvalue weighted by Gasteiger charge is 2.25. The minimum Gasteiger partial charge on any atom is -0.370 e. The first-order chi connectivity index (χ1) is 11.3. The van der Waals surface area contributed by atoms with Crippen LogP contribution in [0.15, 0.2) is 29.3 Å². The van der Waals surface area contributed by atoms with Gasteiger partial charge in [0, 0.05) is 19.6 Å². The Morgan fingerprint density at radius 1 is 1.35 bits per heavy atom. The standard InChI is InChI=1S/C19H29N3O/c1-3-20-19(21-11-10-16-8-9-16)22-12-13-23-18(14-22)17-7-5-4-6-15(17)2/h4-7,16,18H,3,8-14H2,1-2H3,(H,20,21). The van der Waals surface area contributed by atoms with Gasteiger partial charge >= 0.3 is 0 Å². The van der Waals surface area contributed by atoms with Crippen molar-refractivity contribution >= 4 is 5.96 Å². The van der Waals surface area contributed by atoms with E-state index in [1.54, 1.807) is 0 Å². The van der Waals surface area contributed by atoms with Gasteiger partial charge in [-0.25, -0.2) is 0 Å². The molecule has 1 aromatic carbocycles. The molecule has 1 aliphatic heterocycles. The summed E-state index contributed by atoms with van der Waals surface area (Å²) in [6.45, 7) is 8.69. The lowest BCUT2D eigenvalue weighted by Crippen LogP contribution is -2.48. The van der Waals surface area contributed by atoms with Crippen LogP contribution in [-0.2, 0) is 4.74 Å². The van der Waals surface area contributed by atoms with E-state index < -0.39 is 0 Å². The van der Waals surface area contributed by atoms with Crippen LogP contribution in [0.4, 0.5) is 0 Å². The van der Waals surface area contributed by atoms with Gasteiger partial charge in [-0.2, -0.15) is 0 Å². The van der Waals surface area contributed by atoms with Crippen molar-refractivity contribution in [3.8, 4) is 0 Å². The monoisotopic (exact) mass is 315 g/mol. The van der Waals surface area contributed by atoms with Gasteiger partial charge in [0.1, 0.15) is 6.10 Å². The van der Waals surface area contributed by atoms with Gasteiger partial charge in [0.15, 0.2) is 5.96 Å². The number of nitrogens with zero attached hydrogens (tertiary/aromatic N) is 2. The molecule has 1 atom stereocenters. The van der Waals surface area contributed by atoms with Gasteiger partial charge in [-0.05, 0) is 37.3 Å². The van der Waals surface area contributed by atoms with Crippen molar-refractivity contribution in [2.24, 2.45) is 10.9 Å². The third-order valence-electron chi connectivity index (χ3n) is 4.73. The molecule has 2 aliphatic rings. The predicted molar refractivity (Wildman–Crippen MR) is 94.8 cm³/mol. The second-order valence-corrected chi connectivity index (χ2v) is 6.63. The molecule has 0 amide bonds. The van der Waals surface area contributed by atoms with Gasteiger partial charge < -0.3 is 15.0 Å². The predicted octanol–water partition coefficient (Wildman–Crippen LogP) is 3.13. The van der Waals surface area contributed by atoms with Gasteiger partial charge in [0.2, 0.25) is 0 Å². The van der Waals surface area contributed by atoms with Gasteiger partial charge in [0.05, 0.1) is 13.2 Å². The summed E-state index contributed by atoms with van der Waals surface area (Å²) in [5, 5.41) is 3.45. The van der Waals surface area contributed by atoms with Crippen LogP contribution in [0.2, 0.25) is 0 Å². The SMILES string of the molecule is CCNC(=NCCC1CC1)N1CCOC(c2ccccc2C)C1. The number of morpholine rings is 1. The highest BCUT2D eigenvalue weighted by molar-refractivity contribution is 5.80. The molecular weight excluding hydrogens is 286 g/mol. The summed E-state index contributed by atoms with van der Waals surface area (Å²) >= 11 is 0. The first-order valence-electron chi connectivity index (χ1n) is 8.98. The van der Waals surface area contributed by atoms with Crippen molar-refractivity contribution in [2.75, 3.05) is 32.8 Å². The van der Waals surface area contributed by atoms with Crippen LogP contribution in [-0.4, -0.2) is 43.6 Å². The van der Waals surface area contributed by atoms with Crippen LogP contribution in [0.5, 0.6) is 0 Å². The summed E-state index contributed by atoms with van der Waals surface area (Å²) in [6, 6.07) is 8.52. The number of aliphatic imine (C=N–C) groups is 1. The van der Waals surface area contributed by atoms with Gasteiger partial charge in [-0.15, -0.1) is 0 Å². The van der Waals surface area contributed by atoms with Crippen LogP contribution in [0.3, 0.4) is 0 Å². The number of hydrogen-bond donors (Lipinski definition) is 1. The molecule has 23 heavy (non-hydrogen) atoms. The van der Waals surface area contributed by atoms with Gasteiger partial charge in [-0.1, -0.05) is 37.1 Å². The summed E-state index contributed by atoms with van der Waals surface area (Å²) in [4.78, 5) is 7.20. The number of rotatable bonds is 5. The fraction of sp³-hybridized carbons (Fsp3) is 0.632. The third-order valence-corrected chi connectivity index (χ3v) is 4.73. The van der Waals surface area contributed by atoms with Crippen molar-refractivity contribution in [2.45, 2.75) is 39.2 Å². The quantitative estimate of drug-likeness (QED) is 0.670. The van der Waals surface area contributed by atoms with Crippen LogP contribution in [0.25, 0.3) is 0 Å². The molecular formula is C19H29N3O. The number of nitrogens with one attached hydrogen (secondary N) is 1. The average Bonchev–Trinajstić information content (AvgIpc) is 3.39. The molecule has 4 heteroatoms. The lowest BCUT2D eigenvalue weighted by atomic mass is 10.0. The zero-order valence-electron chi connectivity index (χ0n) is 14.4. The first-order valence-corrected chi connectivity index (χ1v) is 8.98. The maximum atomic E-state index is 6.03. The maximum Gasteiger partial charge on any atom is 0.194 e. The summed E-state index contributed by atoms with van der Waals surface area (Å²) in [7, 11) is 0. The zero-order chi connectivity index (χ0) is 16.1. The summed E-state index contributed by atoms with van der Waals surface area (Å²) in [6.07, 6.45) is 4.18. The van der Waals surface area contributed by atoms with Gasteiger partial charge in [0.25, 0.3) is 0 Å². The van der Waals surface area contributed by atoms with E-state index in [0.29, 0.717) is 0 Å². The fourth-order valence-corrected chi connectivity index (χ4v) is 3.16. The third kappa shape index (κ3) is 4.47. The van der Waals surface area contributed by atoms with E-state index in [1.165, 1.54) is 30.4 Å². The largest absolute Gasteiger partial charge is 0.370 e. The topological polar surface area (TPSA) is 36.9 Å². The molecule has 1 aromatic rings. The number of hydrogen-bond acceptors (Lipinski definition) is 2. The molecule has 0 aromatic heterocycles.